The third-order valence-corrected chi connectivity index (χ3v) is 3.32. The number of alkyl halides is 3. The standard InChI is InChI=1S/C14H12F4N4O3/c1-8-12(22(24)25)13(14(16,17)18)20-21(8)7-11(23)19-6-9-2-4-10(15)5-3-9/h2-5H,6-7H2,1H3,(H,19,23). The van der Waals surface area contributed by atoms with Crippen LogP contribution in [0.1, 0.15) is 17.0 Å². The zero-order valence-electron chi connectivity index (χ0n) is 12.8. The molecule has 0 fully saturated rings. The quantitative estimate of drug-likeness (QED) is 0.504. The highest BCUT2D eigenvalue weighted by atomic mass is 19.4. The van der Waals surface area contributed by atoms with Gasteiger partial charge in [-0.15, -0.1) is 0 Å². The summed E-state index contributed by atoms with van der Waals surface area (Å²) in [5, 5.41) is 16.4. The average Bonchev–Trinajstić information content (AvgIpc) is 2.84. The summed E-state index contributed by atoms with van der Waals surface area (Å²) in [6.07, 6.45) is -5.01. The molecule has 2 rings (SSSR count). The van der Waals surface area contributed by atoms with E-state index >= 15 is 0 Å². The van der Waals surface area contributed by atoms with E-state index in [0.29, 0.717) is 10.2 Å². The number of nitrogens with zero attached hydrogens (tertiary/aromatic N) is 3. The van der Waals surface area contributed by atoms with Crippen molar-refractivity contribution in [1.82, 2.24) is 15.1 Å². The number of carbonyl (C=O) groups is 1. The van der Waals surface area contributed by atoms with Crippen LogP contribution in [-0.2, 0) is 24.1 Å². The van der Waals surface area contributed by atoms with Crippen LogP contribution in [-0.4, -0.2) is 20.6 Å². The van der Waals surface area contributed by atoms with Crippen LogP contribution < -0.4 is 5.32 Å². The van der Waals surface area contributed by atoms with Crippen molar-refractivity contribution in [2.24, 2.45) is 0 Å². The van der Waals surface area contributed by atoms with Crippen molar-refractivity contribution in [2.45, 2.75) is 26.2 Å². The number of nitro groups is 1. The summed E-state index contributed by atoms with van der Waals surface area (Å²) in [7, 11) is 0. The van der Waals surface area contributed by atoms with Gasteiger partial charge in [-0.25, -0.2) is 4.39 Å². The van der Waals surface area contributed by atoms with Gasteiger partial charge in [0.2, 0.25) is 11.6 Å². The molecule has 11 heteroatoms. The van der Waals surface area contributed by atoms with Gasteiger partial charge in [0.15, 0.2) is 0 Å². The van der Waals surface area contributed by atoms with E-state index in [1.54, 1.807) is 0 Å². The number of nitrogens with one attached hydrogen (secondary N) is 1. The third kappa shape index (κ3) is 4.31. The van der Waals surface area contributed by atoms with Gasteiger partial charge in [-0.1, -0.05) is 12.1 Å². The first-order chi connectivity index (χ1) is 11.6. The minimum atomic E-state index is -5.01. The van der Waals surface area contributed by atoms with Crippen LogP contribution >= 0.6 is 0 Å². The highest BCUT2D eigenvalue weighted by molar-refractivity contribution is 5.75. The molecule has 0 spiro atoms. The van der Waals surface area contributed by atoms with Gasteiger partial charge >= 0.3 is 11.9 Å². The molecule has 1 heterocycles. The summed E-state index contributed by atoms with van der Waals surface area (Å²) in [5.41, 5.74) is -2.64. The Morgan fingerprint density at radius 1 is 1.32 bits per heavy atom. The number of benzene rings is 1. The second-order valence-electron chi connectivity index (χ2n) is 5.10. The second-order valence-corrected chi connectivity index (χ2v) is 5.10. The molecule has 0 aliphatic heterocycles. The summed E-state index contributed by atoms with van der Waals surface area (Å²) in [6, 6.07) is 5.25. The molecule has 1 aromatic heterocycles. The molecule has 0 saturated carbocycles. The molecule has 1 aromatic carbocycles. The smallest absolute Gasteiger partial charge is 0.350 e. The van der Waals surface area contributed by atoms with Crippen LogP contribution in [0.2, 0.25) is 0 Å². The molecular formula is C14H12F4N4O3. The predicted octanol–water partition coefficient (Wildman–Crippen LogP) is 2.57. The lowest BCUT2D eigenvalue weighted by Gasteiger charge is -2.06. The Kier molecular flexibility index (Phi) is 5.04. The van der Waals surface area contributed by atoms with E-state index in [1.807, 2.05) is 0 Å². The Bertz CT molecular complexity index is 800. The summed E-state index contributed by atoms with van der Waals surface area (Å²) in [4.78, 5) is 21.5. The Balaban J connectivity index is 2.12. The van der Waals surface area contributed by atoms with Gasteiger partial charge in [0.1, 0.15) is 18.1 Å². The van der Waals surface area contributed by atoms with Gasteiger partial charge in [0, 0.05) is 6.54 Å². The zero-order chi connectivity index (χ0) is 18.8. The van der Waals surface area contributed by atoms with Crippen molar-refractivity contribution in [3.8, 4) is 0 Å². The van der Waals surface area contributed by atoms with Crippen LogP contribution in [0.4, 0.5) is 23.2 Å². The number of hydrogen-bond acceptors (Lipinski definition) is 4. The molecule has 0 aliphatic carbocycles. The van der Waals surface area contributed by atoms with Gasteiger partial charge in [0.05, 0.1) is 4.92 Å². The third-order valence-electron chi connectivity index (χ3n) is 3.32. The number of amides is 1. The predicted molar refractivity (Wildman–Crippen MR) is 76.9 cm³/mol. The fourth-order valence-electron chi connectivity index (χ4n) is 2.09. The first-order valence-corrected chi connectivity index (χ1v) is 6.89. The highest BCUT2D eigenvalue weighted by Crippen LogP contribution is 2.36. The molecule has 0 atom stereocenters. The monoisotopic (exact) mass is 360 g/mol. The molecular weight excluding hydrogens is 348 g/mol. The fraction of sp³-hybridized carbons (Fsp3) is 0.286. The number of carbonyl (C=O) groups excluding carboxylic acids is 1. The lowest BCUT2D eigenvalue weighted by atomic mass is 10.2. The second kappa shape index (κ2) is 6.87. The molecule has 0 bridgehead atoms. The normalized spacial score (nSPS) is 11.4. The summed E-state index contributed by atoms with van der Waals surface area (Å²) < 4.78 is 51.9. The molecule has 0 unspecified atom stereocenters. The van der Waals surface area contributed by atoms with Gasteiger partial charge in [-0.3, -0.25) is 19.6 Å². The summed E-state index contributed by atoms with van der Waals surface area (Å²) in [5.74, 6) is -1.15. The Hall–Kier alpha value is -2.98. The highest BCUT2D eigenvalue weighted by Gasteiger charge is 2.44. The molecule has 0 saturated heterocycles. The average molecular weight is 360 g/mol. The van der Waals surface area contributed by atoms with E-state index in [-0.39, 0.29) is 12.2 Å². The lowest BCUT2D eigenvalue weighted by Crippen LogP contribution is -2.28. The molecule has 1 N–H and O–H groups in total. The molecule has 7 nitrogen and oxygen atoms in total. The zero-order valence-corrected chi connectivity index (χ0v) is 12.8. The van der Waals surface area contributed by atoms with E-state index in [0.717, 1.165) is 6.92 Å². The molecule has 1 amide bonds. The van der Waals surface area contributed by atoms with Crippen molar-refractivity contribution in [3.63, 3.8) is 0 Å². The van der Waals surface area contributed by atoms with Gasteiger partial charge < -0.3 is 5.32 Å². The Labute approximate surface area is 138 Å². The minimum Gasteiger partial charge on any atom is -0.350 e. The van der Waals surface area contributed by atoms with Crippen molar-refractivity contribution in [2.75, 3.05) is 0 Å². The maximum Gasteiger partial charge on any atom is 0.442 e. The van der Waals surface area contributed by atoms with Gasteiger partial charge in [-0.05, 0) is 24.6 Å². The number of aromatic nitrogens is 2. The largest absolute Gasteiger partial charge is 0.442 e. The Morgan fingerprint density at radius 3 is 2.40 bits per heavy atom. The van der Waals surface area contributed by atoms with Crippen LogP contribution in [0, 0.1) is 22.9 Å². The molecule has 134 valence electrons. The topological polar surface area (TPSA) is 90.1 Å². The number of halogens is 4. The van der Waals surface area contributed by atoms with Crippen molar-refractivity contribution in [1.29, 1.82) is 0 Å². The minimum absolute atomic E-state index is 0.0215. The fourth-order valence-corrected chi connectivity index (χ4v) is 2.09. The maximum absolute atomic E-state index is 12.8. The Morgan fingerprint density at radius 2 is 1.92 bits per heavy atom. The first-order valence-electron chi connectivity index (χ1n) is 6.89. The number of hydrogen-bond donors (Lipinski definition) is 1. The SMILES string of the molecule is Cc1c([N+](=O)[O-])c(C(F)(F)F)nn1CC(=O)NCc1ccc(F)cc1. The van der Waals surface area contributed by atoms with Crippen LogP contribution in [0.3, 0.4) is 0 Å². The first kappa shape index (κ1) is 18.4. The van der Waals surface area contributed by atoms with Crippen molar-refractivity contribution >= 4 is 11.6 Å². The van der Waals surface area contributed by atoms with Gasteiger partial charge in [0.25, 0.3) is 0 Å². The molecule has 25 heavy (non-hydrogen) atoms. The summed E-state index contributed by atoms with van der Waals surface area (Å²) in [6.45, 7) is 0.477. The van der Waals surface area contributed by atoms with E-state index in [1.165, 1.54) is 24.3 Å². The summed E-state index contributed by atoms with van der Waals surface area (Å²) >= 11 is 0. The van der Waals surface area contributed by atoms with Crippen molar-refractivity contribution < 1.29 is 27.3 Å². The molecule has 2 aromatic rings. The molecule has 0 radical (unpaired) electrons. The van der Waals surface area contributed by atoms with Crippen LogP contribution in [0.25, 0.3) is 0 Å². The lowest BCUT2D eigenvalue weighted by molar-refractivity contribution is -0.388. The van der Waals surface area contributed by atoms with E-state index in [9.17, 15) is 32.5 Å². The van der Waals surface area contributed by atoms with Crippen molar-refractivity contribution in [3.05, 3.63) is 57.1 Å². The number of rotatable bonds is 5. The van der Waals surface area contributed by atoms with Gasteiger partial charge in [-0.2, -0.15) is 18.3 Å². The molecule has 0 aliphatic rings. The van der Waals surface area contributed by atoms with Crippen LogP contribution in [0.5, 0.6) is 0 Å². The van der Waals surface area contributed by atoms with E-state index in [2.05, 4.69) is 10.4 Å². The maximum atomic E-state index is 12.8. The van der Waals surface area contributed by atoms with Crippen LogP contribution in [0.15, 0.2) is 24.3 Å². The van der Waals surface area contributed by atoms with E-state index < -0.39 is 40.8 Å². The van der Waals surface area contributed by atoms with E-state index in [4.69, 9.17) is 0 Å².